The smallest absolute Gasteiger partial charge is 0.150 e. The average molecular weight is 222 g/mol. The van der Waals surface area contributed by atoms with Crippen molar-refractivity contribution in [3.05, 3.63) is 5.69 Å². The van der Waals surface area contributed by atoms with E-state index in [-0.39, 0.29) is 0 Å². The van der Waals surface area contributed by atoms with E-state index in [1.54, 1.807) is 0 Å². The monoisotopic (exact) mass is 222 g/mol. The molecule has 0 unspecified atom stereocenters. The van der Waals surface area contributed by atoms with Crippen LogP contribution in [-0.2, 0) is 13.5 Å². The maximum atomic E-state index is 4.58. The van der Waals surface area contributed by atoms with Gasteiger partial charge in [0.25, 0.3) is 0 Å². The lowest BCUT2D eigenvalue weighted by molar-refractivity contribution is 0.591. The third kappa shape index (κ3) is 1.88. The Hall–Kier alpha value is -1.19. The molecule has 0 aromatic carbocycles. The standard InChI is InChI=1S/C12H22N4/c1-5-10-11-12(15(4)14-10)16(7-6-13-11)8-9(2)3/h9,13H,5-8H2,1-4H3. The van der Waals surface area contributed by atoms with Crippen LogP contribution < -0.4 is 10.2 Å². The maximum absolute atomic E-state index is 4.58. The number of anilines is 2. The molecule has 2 rings (SSSR count). The molecule has 4 nitrogen and oxygen atoms in total. The first-order valence-corrected chi connectivity index (χ1v) is 6.18. The van der Waals surface area contributed by atoms with Gasteiger partial charge in [-0.25, -0.2) is 0 Å². The summed E-state index contributed by atoms with van der Waals surface area (Å²) >= 11 is 0. The Morgan fingerprint density at radius 3 is 2.81 bits per heavy atom. The molecule has 0 fully saturated rings. The zero-order valence-corrected chi connectivity index (χ0v) is 10.7. The van der Waals surface area contributed by atoms with Crippen LogP contribution in [0.5, 0.6) is 0 Å². The SMILES string of the molecule is CCc1nn(C)c2c1NCCN2CC(C)C. The molecular formula is C12H22N4. The first kappa shape index (κ1) is 11.3. The summed E-state index contributed by atoms with van der Waals surface area (Å²) in [6.45, 7) is 9.90. The lowest BCUT2D eigenvalue weighted by atomic mass is 10.1. The van der Waals surface area contributed by atoms with Gasteiger partial charge in [0, 0.05) is 26.7 Å². The molecule has 0 saturated heterocycles. The molecule has 1 aromatic rings. The van der Waals surface area contributed by atoms with Gasteiger partial charge in [0.15, 0.2) is 5.82 Å². The number of rotatable bonds is 3. The average Bonchev–Trinajstić information content (AvgIpc) is 2.56. The van der Waals surface area contributed by atoms with Gasteiger partial charge in [-0.15, -0.1) is 0 Å². The molecule has 16 heavy (non-hydrogen) atoms. The van der Waals surface area contributed by atoms with Gasteiger partial charge < -0.3 is 10.2 Å². The zero-order valence-electron chi connectivity index (χ0n) is 10.7. The van der Waals surface area contributed by atoms with Crippen LogP contribution in [0, 0.1) is 5.92 Å². The fraction of sp³-hybridized carbons (Fsp3) is 0.750. The summed E-state index contributed by atoms with van der Waals surface area (Å²) in [5.74, 6) is 1.95. The summed E-state index contributed by atoms with van der Waals surface area (Å²) < 4.78 is 2.02. The van der Waals surface area contributed by atoms with Crippen molar-refractivity contribution in [2.45, 2.75) is 27.2 Å². The quantitative estimate of drug-likeness (QED) is 0.847. The number of aryl methyl sites for hydroxylation is 2. The molecule has 4 heteroatoms. The van der Waals surface area contributed by atoms with E-state index in [0.29, 0.717) is 5.92 Å². The molecule has 0 radical (unpaired) electrons. The van der Waals surface area contributed by atoms with E-state index in [9.17, 15) is 0 Å². The molecule has 0 atom stereocenters. The molecule has 0 bridgehead atoms. The lowest BCUT2D eigenvalue weighted by Crippen LogP contribution is -2.37. The van der Waals surface area contributed by atoms with Crippen LogP contribution in [-0.4, -0.2) is 29.4 Å². The molecule has 0 saturated carbocycles. The van der Waals surface area contributed by atoms with E-state index < -0.39 is 0 Å². The van der Waals surface area contributed by atoms with Crippen molar-refractivity contribution in [1.82, 2.24) is 9.78 Å². The lowest BCUT2D eigenvalue weighted by Gasteiger charge is -2.31. The second kappa shape index (κ2) is 4.36. The molecular weight excluding hydrogens is 200 g/mol. The van der Waals surface area contributed by atoms with E-state index in [0.717, 1.165) is 26.1 Å². The Labute approximate surface area is 97.6 Å². The van der Waals surface area contributed by atoms with Crippen molar-refractivity contribution in [3.63, 3.8) is 0 Å². The van der Waals surface area contributed by atoms with E-state index in [2.05, 4.69) is 36.1 Å². The van der Waals surface area contributed by atoms with Gasteiger partial charge >= 0.3 is 0 Å². The minimum absolute atomic E-state index is 0.686. The van der Waals surface area contributed by atoms with Gasteiger partial charge in [0.1, 0.15) is 5.69 Å². The van der Waals surface area contributed by atoms with Gasteiger partial charge in [0.05, 0.1) is 5.69 Å². The van der Waals surface area contributed by atoms with Crippen molar-refractivity contribution >= 4 is 11.5 Å². The Morgan fingerprint density at radius 1 is 1.44 bits per heavy atom. The summed E-state index contributed by atoms with van der Waals surface area (Å²) in [6.07, 6.45) is 0.992. The van der Waals surface area contributed by atoms with E-state index in [1.165, 1.54) is 17.2 Å². The fourth-order valence-electron chi connectivity index (χ4n) is 2.40. The predicted molar refractivity (Wildman–Crippen MR) is 68.1 cm³/mol. The van der Waals surface area contributed by atoms with Crippen molar-refractivity contribution in [2.75, 3.05) is 29.9 Å². The number of hydrogen-bond acceptors (Lipinski definition) is 3. The predicted octanol–water partition coefficient (Wildman–Crippen LogP) is 1.87. The summed E-state index contributed by atoms with van der Waals surface area (Å²) in [6, 6.07) is 0. The third-order valence-corrected chi connectivity index (χ3v) is 2.99. The van der Waals surface area contributed by atoms with Crippen LogP contribution in [0.3, 0.4) is 0 Å². The van der Waals surface area contributed by atoms with Crippen molar-refractivity contribution < 1.29 is 0 Å². The van der Waals surface area contributed by atoms with Crippen LogP contribution in [0.1, 0.15) is 26.5 Å². The minimum Gasteiger partial charge on any atom is -0.379 e. The molecule has 1 N–H and O–H groups in total. The van der Waals surface area contributed by atoms with E-state index in [1.807, 2.05) is 11.7 Å². The molecule has 1 aromatic heterocycles. The molecule has 2 heterocycles. The summed E-state index contributed by atoms with van der Waals surface area (Å²) in [4.78, 5) is 2.45. The summed E-state index contributed by atoms with van der Waals surface area (Å²) in [7, 11) is 2.04. The number of hydrogen-bond donors (Lipinski definition) is 1. The maximum Gasteiger partial charge on any atom is 0.150 e. The van der Waals surface area contributed by atoms with Crippen LogP contribution in [0.15, 0.2) is 0 Å². The number of nitrogens with zero attached hydrogens (tertiary/aromatic N) is 3. The van der Waals surface area contributed by atoms with Gasteiger partial charge in [-0.1, -0.05) is 20.8 Å². The Morgan fingerprint density at radius 2 is 2.19 bits per heavy atom. The van der Waals surface area contributed by atoms with Crippen molar-refractivity contribution in [1.29, 1.82) is 0 Å². The summed E-state index contributed by atoms with van der Waals surface area (Å²) in [5.41, 5.74) is 2.43. The summed E-state index contributed by atoms with van der Waals surface area (Å²) in [5, 5.41) is 8.06. The van der Waals surface area contributed by atoms with Gasteiger partial charge in [0.2, 0.25) is 0 Å². The highest BCUT2D eigenvalue weighted by molar-refractivity contribution is 5.71. The van der Waals surface area contributed by atoms with E-state index in [4.69, 9.17) is 0 Å². The second-order valence-corrected chi connectivity index (χ2v) is 4.89. The van der Waals surface area contributed by atoms with Gasteiger partial charge in [-0.2, -0.15) is 5.10 Å². The minimum atomic E-state index is 0.686. The second-order valence-electron chi connectivity index (χ2n) is 4.89. The number of aromatic nitrogens is 2. The largest absolute Gasteiger partial charge is 0.379 e. The first-order valence-electron chi connectivity index (χ1n) is 6.18. The van der Waals surface area contributed by atoms with E-state index >= 15 is 0 Å². The highest BCUT2D eigenvalue weighted by Crippen LogP contribution is 2.32. The zero-order chi connectivity index (χ0) is 11.7. The van der Waals surface area contributed by atoms with Crippen molar-refractivity contribution in [3.8, 4) is 0 Å². The normalized spacial score (nSPS) is 15.2. The molecule has 0 aliphatic carbocycles. The molecule has 90 valence electrons. The Balaban J connectivity index is 2.34. The number of fused-ring (bicyclic) bond motifs is 1. The van der Waals surface area contributed by atoms with Gasteiger partial charge in [-0.3, -0.25) is 4.68 Å². The van der Waals surface area contributed by atoms with Gasteiger partial charge in [-0.05, 0) is 12.3 Å². The molecule has 1 aliphatic rings. The fourth-order valence-corrected chi connectivity index (χ4v) is 2.40. The number of nitrogens with one attached hydrogen (secondary N) is 1. The van der Waals surface area contributed by atoms with Crippen LogP contribution in [0.25, 0.3) is 0 Å². The molecule has 0 spiro atoms. The highest BCUT2D eigenvalue weighted by Gasteiger charge is 2.24. The topological polar surface area (TPSA) is 33.1 Å². The molecule has 1 aliphatic heterocycles. The van der Waals surface area contributed by atoms with Crippen molar-refractivity contribution in [2.24, 2.45) is 13.0 Å². The molecule has 0 amide bonds. The van der Waals surface area contributed by atoms with Crippen LogP contribution in [0.2, 0.25) is 0 Å². The Bertz CT molecular complexity index is 367. The highest BCUT2D eigenvalue weighted by atomic mass is 15.4. The Kier molecular flexibility index (Phi) is 3.08. The van der Waals surface area contributed by atoms with Crippen LogP contribution >= 0.6 is 0 Å². The third-order valence-electron chi connectivity index (χ3n) is 2.99. The van der Waals surface area contributed by atoms with Crippen LogP contribution in [0.4, 0.5) is 11.5 Å². The first-order chi connectivity index (χ1) is 7.63.